The second-order valence-corrected chi connectivity index (χ2v) is 6.13. The Labute approximate surface area is 117 Å². The van der Waals surface area contributed by atoms with Crippen LogP contribution >= 0.6 is 0 Å². The summed E-state index contributed by atoms with van der Waals surface area (Å²) in [5.74, 6) is 0. The van der Waals surface area contributed by atoms with Gasteiger partial charge in [0.25, 0.3) is 0 Å². The minimum atomic E-state index is -0.449. The highest BCUT2D eigenvalue weighted by atomic mass is 16.7. The smallest absolute Gasteiger partial charge is 0.464 e. The summed E-state index contributed by atoms with van der Waals surface area (Å²) in [5.41, 5.74) is 0.579. The van der Waals surface area contributed by atoms with E-state index < -0.39 is 7.12 Å². The van der Waals surface area contributed by atoms with Crippen molar-refractivity contribution in [2.45, 2.75) is 38.9 Å². The van der Waals surface area contributed by atoms with Crippen LogP contribution in [0.25, 0.3) is 11.0 Å². The van der Waals surface area contributed by atoms with Crippen LogP contribution in [0.1, 0.15) is 27.7 Å². The molecule has 1 fully saturated rings. The molecular formula is C15H17BO4. The van der Waals surface area contributed by atoms with Gasteiger partial charge in [-0.15, -0.1) is 0 Å². The summed E-state index contributed by atoms with van der Waals surface area (Å²) in [5, 5.41) is 0.563. The molecule has 0 amide bonds. The van der Waals surface area contributed by atoms with Crippen molar-refractivity contribution >= 4 is 23.6 Å². The molecule has 1 aliphatic heterocycles. The molecule has 104 valence electrons. The molecular weight excluding hydrogens is 255 g/mol. The van der Waals surface area contributed by atoms with Gasteiger partial charge in [0.2, 0.25) is 0 Å². The second-order valence-electron chi connectivity index (χ2n) is 6.13. The van der Waals surface area contributed by atoms with Crippen LogP contribution in [0.3, 0.4) is 0 Å². The molecule has 20 heavy (non-hydrogen) atoms. The van der Waals surface area contributed by atoms with Crippen LogP contribution < -0.4 is 10.9 Å². The predicted molar refractivity (Wildman–Crippen MR) is 78.2 cm³/mol. The van der Waals surface area contributed by atoms with Gasteiger partial charge in [0, 0.05) is 6.07 Å². The molecule has 0 unspecified atom stereocenters. The lowest BCUT2D eigenvalue weighted by Crippen LogP contribution is -2.41. The van der Waals surface area contributed by atoms with Gasteiger partial charge in [-0.1, -0.05) is 6.07 Å². The number of hydrogen-bond acceptors (Lipinski definition) is 4. The minimum absolute atomic E-state index is 0.0493. The maximum atomic E-state index is 11.7. The van der Waals surface area contributed by atoms with E-state index in [1.807, 2.05) is 33.8 Å². The molecule has 5 heteroatoms. The van der Waals surface area contributed by atoms with Gasteiger partial charge in [-0.2, -0.15) is 0 Å². The average Bonchev–Trinajstić information content (AvgIpc) is 2.58. The number of fused-ring (bicyclic) bond motifs is 1. The lowest BCUT2D eigenvalue weighted by Gasteiger charge is -2.32. The Morgan fingerprint density at radius 2 is 1.65 bits per heavy atom. The molecule has 2 aromatic rings. The third kappa shape index (κ3) is 1.98. The van der Waals surface area contributed by atoms with Crippen molar-refractivity contribution in [2.75, 3.05) is 0 Å². The molecule has 0 N–H and O–H groups in total. The van der Waals surface area contributed by atoms with Crippen LogP contribution in [0.2, 0.25) is 0 Å². The number of hydrogen-bond donors (Lipinski definition) is 0. The summed E-state index contributed by atoms with van der Waals surface area (Å²) in [7, 11) is -0.449. The summed E-state index contributed by atoms with van der Waals surface area (Å²) in [6.45, 7) is 8.03. The third-order valence-corrected chi connectivity index (χ3v) is 4.21. The number of rotatable bonds is 1. The van der Waals surface area contributed by atoms with E-state index in [4.69, 9.17) is 13.7 Å². The van der Waals surface area contributed by atoms with Gasteiger partial charge < -0.3 is 13.7 Å². The zero-order chi connectivity index (χ0) is 14.5. The van der Waals surface area contributed by atoms with Crippen molar-refractivity contribution in [2.24, 2.45) is 0 Å². The Morgan fingerprint density at radius 3 is 2.30 bits per heavy atom. The predicted octanol–water partition coefficient (Wildman–Crippen LogP) is 2.09. The molecule has 0 aliphatic carbocycles. The number of benzene rings is 1. The first kappa shape index (κ1) is 13.4. The van der Waals surface area contributed by atoms with E-state index in [-0.39, 0.29) is 16.6 Å². The van der Waals surface area contributed by atoms with E-state index in [9.17, 15) is 4.79 Å². The lowest BCUT2D eigenvalue weighted by atomic mass is 9.79. The Bertz CT molecular complexity index is 701. The highest BCUT2D eigenvalue weighted by Gasteiger charge is 2.51. The Kier molecular flexibility index (Phi) is 2.82. The standard InChI is InChI=1S/C15H17BO4/c1-14(2)15(3,4)20-16(19-14)10-5-6-11-12(17)7-8-18-13(11)9-10/h5-9H,1-4H3. The van der Waals surface area contributed by atoms with Gasteiger partial charge in [-0.25, -0.2) is 0 Å². The molecule has 0 spiro atoms. The van der Waals surface area contributed by atoms with Crippen molar-refractivity contribution in [1.82, 2.24) is 0 Å². The maximum Gasteiger partial charge on any atom is 0.494 e. The normalized spacial score (nSPS) is 20.5. The van der Waals surface area contributed by atoms with Gasteiger partial charge in [-0.3, -0.25) is 4.79 Å². The first-order valence-corrected chi connectivity index (χ1v) is 6.67. The first-order chi connectivity index (χ1) is 9.30. The topological polar surface area (TPSA) is 48.7 Å². The molecule has 0 bridgehead atoms. The van der Waals surface area contributed by atoms with Crippen molar-refractivity contribution in [3.63, 3.8) is 0 Å². The van der Waals surface area contributed by atoms with Gasteiger partial charge in [0.05, 0.1) is 22.9 Å². The van der Waals surface area contributed by atoms with Gasteiger partial charge in [0.15, 0.2) is 5.43 Å². The summed E-state index contributed by atoms with van der Waals surface area (Å²) < 4.78 is 17.4. The van der Waals surface area contributed by atoms with Crippen LogP contribution in [0, 0.1) is 0 Å². The fourth-order valence-electron chi connectivity index (χ4n) is 2.22. The molecule has 0 atom stereocenters. The van der Waals surface area contributed by atoms with E-state index >= 15 is 0 Å². The maximum absolute atomic E-state index is 11.7. The summed E-state index contributed by atoms with van der Waals surface area (Å²) in [4.78, 5) is 11.7. The van der Waals surface area contributed by atoms with Gasteiger partial charge >= 0.3 is 7.12 Å². The Balaban J connectivity index is 2.03. The SMILES string of the molecule is CC1(C)OB(c2ccc3c(=O)ccoc3c2)OC1(C)C. The Morgan fingerprint density at radius 1 is 1.00 bits per heavy atom. The van der Waals surface area contributed by atoms with Crippen molar-refractivity contribution in [3.05, 3.63) is 40.8 Å². The summed E-state index contributed by atoms with van der Waals surface area (Å²) >= 11 is 0. The van der Waals surface area contributed by atoms with Crippen LogP contribution in [0.5, 0.6) is 0 Å². The molecule has 1 saturated heterocycles. The zero-order valence-electron chi connectivity index (χ0n) is 12.1. The molecule has 1 aromatic carbocycles. The van der Waals surface area contributed by atoms with E-state index in [1.165, 1.54) is 12.3 Å². The van der Waals surface area contributed by atoms with E-state index in [1.54, 1.807) is 12.1 Å². The highest BCUT2D eigenvalue weighted by molar-refractivity contribution is 6.62. The fraction of sp³-hybridized carbons (Fsp3) is 0.400. The molecule has 0 saturated carbocycles. The molecule has 1 aliphatic rings. The second kappa shape index (κ2) is 4.20. The van der Waals surface area contributed by atoms with Crippen LogP contribution in [0.4, 0.5) is 0 Å². The van der Waals surface area contributed by atoms with E-state index in [2.05, 4.69) is 0 Å². The van der Waals surface area contributed by atoms with Crippen molar-refractivity contribution in [1.29, 1.82) is 0 Å². The monoisotopic (exact) mass is 272 g/mol. The van der Waals surface area contributed by atoms with E-state index in [0.29, 0.717) is 11.0 Å². The average molecular weight is 272 g/mol. The largest absolute Gasteiger partial charge is 0.494 e. The van der Waals surface area contributed by atoms with Crippen LogP contribution in [0.15, 0.2) is 39.7 Å². The van der Waals surface area contributed by atoms with Gasteiger partial charge in [-0.05, 0) is 45.3 Å². The van der Waals surface area contributed by atoms with E-state index in [0.717, 1.165) is 5.46 Å². The zero-order valence-corrected chi connectivity index (χ0v) is 12.1. The minimum Gasteiger partial charge on any atom is -0.464 e. The highest BCUT2D eigenvalue weighted by Crippen LogP contribution is 2.36. The van der Waals surface area contributed by atoms with Gasteiger partial charge in [0.1, 0.15) is 5.58 Å². The van der Waals surface area contributed by atoms with Crippen LogP contribution in [-0.2, 0) is 9.31 Å². The first-order valence-electron chi connectivity index (χ1n) is 6.67. The molecule has 4 nitrogen and oxygen atoms in total. The quantitative estimate of drug-likeness (QED) is 0.746. The molecule has 2 heterocycles. The molecule has 0 radical (unpaired) electrons. The van der Waals surface area contributed by atoms with Crippen molar-refractivity contribution < 1.29 is 13.7 Å². The fourth-order valence-corrected chi connectivity index (χ4v) is 2.22. The molecule has 3 rings (SSSR count). The molecule has 1 aromatic heterocycles. The lowest BCUT2D eigenvalue weighted by molar-refractivity contribution is 0.00578. The third-order valence-electron chi connectivity index (χ3n) is 4.21. The van der Waals surface area contributed by atoms with Crippen LogP contribution in [-0.4, -0.2) is 18.3 Å². The van der Waals surface area contributed by atoms with Crippen molar-refractivity contribution in [3.8, 4) is 0 Å². The summed E-state index contributed by atoms with van der Waals surface area (Å²) in [6, 6.07) is 6.82. The summed E-state index contributed by atoms with van der Waals surface area (Å²) in [6.07, 6.45) is 1.40. The Hall–Kier alpha value is -1.59.